The second-order valence-electron chi connectivity index (χ2n) is 6.95. The highest BCUT2D eigenvalue weighted by Crippen LogP contribution is 2.40. The van der Waals surface area contributed by atoms with Crippen molar-refractivity contribution in [2.24, 2.45) is 5.73 Å². The topological polar surface area (TPSA) is 101 Å². The summed E-state index contributed by atoms with van der Waals surface area (Å²) in [6.45, 7) is -0.105. The third-order valence-corrected chi connectivity index (χ3v) is 7.77. The van der Waals surface area contributed by atoms with Crippen LogP contribution in [-0.4, -0.2) is 43.1 Å². The van der Waals surface area contributed by atoms with Crippen LogP contribution in [0.25, 0.3) is 0 Å². The average Bonchev–Trinajstić information content (AvgIpc) is 3.19. The van der Waals surface area contributed by atoms with E-state index in [0.29, 0.717) is 12.8 Å². The van der Waals surface area contributed by atoms with E-state index in [2.05, 4.69) is 23.3 Å². The molecule has 27 heavy (non-hydrogen) atoms. The van der Waals surface area contributed by atoms with Gasteiger partial charge in [0.25, 0.3) is 0 Å². The maximum Gasteiger partial charge on any atom is 0.417 e. The number of sulfone groups is 1. The molecule has 1 heterocycles. The van der Waals surface area contributed by atoms with Crippen LogP contribution in [-0.2, 0) is 20.8 Å². The monoisotopic (exact) mass is 423 g/mol. The fourth-order valence-corrected chi connectivity index (χ4v) is 5.43. The first-order chi connectivity index (χ1) is 12.5. The molecule has 1 aromatic carbocycles. The summed E-state index contributed by atoms with van der Waals surface area (Å²) in [5, 5.41) is 3.90. The maximum absolute atomic E-state index is 13.2. The molecule has 3 atom stereocenters. The molecule has 2 fully saturated rings. The number of rotatable bonds is 5. The van der Waals surface area contributed by atoms with Gasteiger partial charge in [-0.1, -0.05) is 12.1 Å². The minimum absolute atomic E-state index is 0.105. The zero-order valence-electron chi connectivity index (χ0n) is 14.2. The summed E-state index contributed by atoms with van der Waals surface area (Å²) < 4.78 is 65.1. The van der Waals surface area contributed by atoms with Crippen LogP contribution in [0.15, 0.2) is 29.2 Å². The van der Waals surface area contributed by atoms with Crippen LogP contribution in [0.5, 0.6) is 0 Å². The standard InChI is InChI=1S/C16H20F3N3O3S2/c17-16(18,19)10-3-1-2-4-12(10)27(24,25)9-7-11(21-8-9)13(23)22-15(5-6-15)14(20)26/h1-4,9,11,14,21,26H,5-8,20H2,(H,22,23)/t9-,11+,14?/m1/s1. The molecule has 1 aliphatic carbocycles. The van der Waals surface area contributed by atoms with Crippen molar-refractivity contribution in [1.82, 2.24) is 10.6 Å². The molecule has 1 saturated carbocycles. The molecule has 6 nitrogen and oxygen atoms in total. The third-order valence-electron chi connectivity index (χ3n) is 5.07. The van der Waals surface area contributed by atoms with Crippen molar-refractivity contribution in [2.75, 3.05) is 6.54 Å². The van der Waals surface area contributed by atoms with Gasteiger partial charge >= 0.3 is 6.18 Å². The lowest BCUT2D eigenvalue weighted by atomic mass is 10.2. The first-order valence-electron chi connectivity index (χ1n) is 8.36. The van der Waals surface area contributed by atoms with Gasteiger partial charge in [-0.3, -0.25) is 4.79 Å². The second kappa shape index (κ2) is 6.94. The van der Waals surface area contributed by atoms with Gasteiger partial charge in [0.05, 0.1) is 32.7 Å². The van der Waals surface area contributed by atoms with Crippen molar-refractivity contribution in [3.63, 3.8) is 0 Å². The number of amides is 1. The highest BCUT2D eigenvalue weighted by atomic mass is 32.2. The number of hydrogen-bond acceptors (Lipinski definition) is 6. The number of nitrogens with two attached hydrogens (primary N) is 1. The van der Waals surface area contributed by atoms with Crippen LogP contribution in [0.1, 0.15) is 24.8 Å². The van der Waals surface area contributed by atoms with E-state index in [1.54, 1.807) is 0 Å². The van der Waals surface area contributed by atoms with Gasteiger partial charge in [0, 0.05) is 6.54 Å². The number of thiol groups is 1. The van der Waals surface area contributed by atoms with Crippen LogP contribution >= 0.6 is 12.6 Å². The number of halogens is 3. The smallest absolute Gasteiger partial charge is 0.347 e. The first-order valence-corrected chi connectivity index (χ1v) is 10.4. The molecule has 1 saturated heterocycles. The Morgan fingerprint density at radius 3 is 2.52 bits per heavy atom. The second-order valence-corrected chi connectivity index (χ2v) is 9.70. The number of nitrogens with one attached hydrogen (secondary N) is 2. The zero-order valence-corrected chi connectivity index (χ0v) is 15.9. The summed E-state index contributed by atoms with van der Waals surface area (Å²) in [6, 6.07) is 3.27. The Balaban J connectivity index is 1.76. The molecule has 1 unspecified atom stereocenters. The normalized spacial score (nSPS) is 25.8. The molecule has 0 aromatic heterocycles. The number of carbonyl (C=O) groups is 1. The van der Waals surface area contributed by atoms with Crippen molar-refractivity contribution in [1.29, 1.82) is 0 Å². The van der Waals surface area contributed by atoms with Crippen LogP contribution in [0.4, 0.5) is 13.2 Å². The van der Waals surface area contributed by atoms with Crippen molar-refractivity contribution in [2.45, 2.75) is 52.5 Å². The average molecular weight is 423 g/mol. The molecule has 2 aliphatic rings. The zero-order chi connectivity index (χ0) is 20.0. The molecular formula is C16H20F3N3O3S2. The Bertz CT molecular complexity index is 839. The van der Waals surface area contributed by atoms with E-state index in [-0.39, 0.29) is 13.0 Å². The van der Waals surface area contributed by atoms with Crippen LogP contribution in [0.2, 0.25) is 0 Å². The maximum atomic E-state index is 13.2. The Morgan fingerprint density at radius 2 is 1.96 bits per heavy atom. The molecule has 0 radical (unpaired) electrons. The molecular weight excluding hydrogens is 403 g/mol. The van der Waals surface area contributed by atoms with E-state index in [1.165, 1.54) is 6.07 Å². The predicted octanol–water partition coefficient (Wildman–Crippen LogP) is 1.07. The lowest BCUT2D eigenvalue weighted by molar-refractivity contribution is -0.139. The number of carbonyl (C=O) groups excluding carboxylic acids is 1. The third kappa shape index (κ3) is 3.96. The van der Waals surface area contributed by atoms with E-state index in [1.807, 2.05) is 0 Å². The summed E-state index contributed by atoms with van der Waals surface area (Å²) in [7, 11) is -4.27. The van der Waals surface area contributed by atoms with E-state index in [0.717, 1.165) is 18.2 Å². The van der Waals surface area contributed by atoms with Gasteiger partial charge in [-0.25, -0.2) is 8.42 Å². The molecule has 0 bridgehead atoms. The van der Waals surface area contributed by atoms with Crippen LogP contribution < -0.4 is 16.4 Å². The van der Waals surface area contributed by atoms with Gasteiger partial charge in [-0.15, -0.1) is 0 Å². The molecule has 1 aromatic rings. The molecule has 1 amide bonds. The SMILES string of the molecule is NC(S)C1(NC(=O)[C@@H]2C[C@@H](S(=O)(=O)c3ccccc3C(F)(F)F)CN2)CC1. The Morgan fingerprint density at radius 1 is 1.33 bits per heavy atom. The molecule has 3 rings (SSSR count). The Labute approximate surface area is 160 Å². The minimum Gasteiger partial charge on any atom is -0.347 e. The number of benzene rings is 1. The van der Waals surface area contributed by atoms with Gasteiger partial charge in [0.1, 0.15) is 0 Å². The first kappa shape index (κ1) is 20.4. The highest BCUT2D eigenvalue weighted by molar-refractivity contribution is 7.92. The van der Waals surface area contributed by atoms with Crippen molar-refractivity contribution < 1.29 is 26.4 Å². The van der Waals surface area contributed by atoms with Crippen molar-refractivity contribution in [3.8, 4) is 0 Å². The summed E-state index contributed by atoms with van der Waals surface area (Å²) in [5.74, 6) is -0.418. The van der Waals surface area contributed by atoms with Gasteiger partial charge < -0.3 is 16.4 Å². The van der Waals surface area contributed by atoms with Gasteiger partial charge in [-0.05, 0) is 31.4 Å². The minimum atomic E-state index is -4.78. The highest BCUT2D eigenvalue weighted by Gasteiger charge is 2.50. The quantitative estimate of drug-likeness (QED) is 0.419. The summed E-state index contributed by atoms with van der Waals surface area (Å²) >= 11 is 4.15. The lowest BCUT2D eigenvalue weighted by Crippen LogP contribution is -2.52. The van der Waals surface area contributed by atoms with Crippen LogP contribution in [0, 0.1) is 0 Å². The summed E-state index contributed by atoms with van der Waals surface area (Å²) in [4.78, 5) is 11.6. The number of hydrogen-bond donors (Lipinski definition) is 4. The van der Waals surface area contributed by atoms with E-state index in [9.17, 15) is 26.4 Å². The summed E-state index contributed by atoms with van der Waals surface area (Å²) in [5.41, 5.74) is 3.94. The van der Waals surface area contributed by atoms with Crippen molar-refractivity contribution in [3.05, 3.63) is 29.8 Å². The molecule has 150 valence electrons. The fourth-order valence-electron chi connectivity index (χ4n) is 3.23. The summed E-state index contributed by atoms with van der Waals surface area (Å²) in [6.07, 6.45) is -3.54. The van der Waals surface area contributed by atoms with Gasteiger partial charge in [0.15, 0.2) is 9.84 Å². The largest absolute Gasteiger partial charge is 0.417 e. The van der Waals surface area contributed by atoms with Gasteiger partial charge in [-0.2, -0.15) is 25.8 Å². The van der Waals surface area contributed by atoms with Crippen molar-refractivity contribution >= 4 is 28.4 Å². The van der Waals surface area contributed by atoms with E-state index < -0.39 is 54.6 Å². The fraction of sp³-hybridized carbons (Fsp3) is 0.562. The molecule has 1 aliphatic heterocycles. The Hall–Kier alpha value is -1.30. The Kier molecular flexibility index (Phi) is 5.26. The molecule has 0 spiro atoms. The molecule has 4 N–H and O–H groups in total. The van der Waals surface area contributed by atoms with E-state index in [4.69, 9.17) is 5.73 Å². The predicted molar refractivity (Wildman–Crippen MR) is 95.9 cm³/mol. The van der Waals surface area contributed by atoms with E-state index >= 15 is 0 Å². The van der Waals surface area contributed by atoms with Gasteiger partial charge in [0.2, 0.25) is 5.91 Å². The lowest BCUT2D eigenvalue weighted by Gasteiger charge is -2.23. The molecule has 11 heteroatoms. The van der Waals surface area contributed by atoms with Crippen LogP contribution in [0.3, 0.4) is 0 Å². The number of alkyl halides is 3.